The number of aromatic nitrogens is 2. The maximum atomic E-state index is 12.6. The van der Waals surface area contributed by atoms with Crippen molar-refractivity contribution in [3.63, 3.8) is 0 Å². The molecule has 0 saturated carbocycles. The van der Waals surface area contributed by atoms with E-state index in [4.69, 9.17) is 46.4 Å². The van der Waals surface area contributed by atoms with Crippen molar-refractivity contribution < 1.29 is 0 Å². The zero-order chi connectivity index (χ0) is 15.9. The lowest BCUT2D eigenvalue weighted by molar-refractivity contribution is 0.748. The third-order valence-electron chi connectivity index (χ3n) is 3.20. The molecule has 0 fully saturated rings. The number of halogens is 4. The Morgan fingerprint density at radius 3 is 2.41 bits per heavy atom. The molecule has 0 saturated heterocycles. The van der Waals surface area contributed by atoms with Gasteiger partial charge in [0.05, 0.1) is 28.8 Å². The summed E-state index contributed by atoms with van der Waals surface area (Å²) in [6.45, 7) is 0.280. The summed E-state index contributed by atoms with van der Waals surface area (Å²) < 4.78 is 1.45. The summed E-state index contributed by atoms with van der Waals surface area (Å²) in [7, 11) is 0. The van der Waals surface area contributed by atoms with Gasteiger partial charge >= 0.3 is 0 Å². The van der Waals surface area contributed by atoms with Gasteiger partial charge in [0.15, 0.2) is 0 Å². The molecule has 0 atom stereocenters. The number of fused-ring (bicyclic) bond motifs is 1. The van der Waals surface area contributed by atoms with Crippen LogP contribution in [0.5, 0.6) is 0 Å². The molecule has 3 aromatic rings. The van der Waals surface area contributed by atoms with Crippen molar-refractivity contribution in [2.75, 3.05) is 0 Å². The van der Waals surface area contributed by atoms with Crippen LogP contribution in [0, 0.1) is 0 Å². The van der Waals surface area contributed by atoms with E-state index in [2.05, 4.69) is 4.98 Å². The maximum Gasteiger partial charge on any atom is 0.261 e. The van der Waals surface area contributed by atoms with Crippen molar-refractivity contribution in [3.05, 3.63) is 72.7 Å². The SMILES string of the molecule is O=c1c2cc(Cl)cc(Cl)c2ncn1Cc1ccc(Cl)cc1Cl. The van der Waals surface area contributed by atoms with Crippen molar-refractivity contribution in [2.24, 2.45) is 0 Å². The average Bonchev–Trinajstić information content (AvgIpc) is 2.45. The first kappa shape index (κ1) is 15.6. The molecule has 0 unspecified atom stereocenters. The lowest BCUT2D eigenvalue weighted by Crippen LogP contribution is -2.21. The van der Waals surface area contributed by atoms with Gasteiger partial charge in [-0.05, 0) is 29.8 Å². The summed E-state index contributed by atoms with van der Waals surface area (Å²) in [6, 6.07) is 8.23. The van der Waals surface area contributed by atoms with Crippen molar-refractivity contribution in [3.8, 4) is 0 Å². The van der Waals surface area contributed by atoms with Gasteiger partial charge in [-0.25, -0.2) is 4.98 Å². The van der Waals surface area contributed by atoms with E-state index in [9.17, 15) is 4.79 Å². The third kappa shape index (κ3) is 2.95. The van der Waals surface area contributed by atoms with Crippen LogP contribution in [0.3, 0.4) is 0 Å². The van der Waals surface area contributed by atoms with E-state index >= 15 is 0 Å². The molecule has 0 radical (unpaired) electrons. The largest absolute Gasteiger partial charge is 0.294 e. The summed E-state index contributed by atoms with van der Waals surface area (Å²) in [5.41, 5.74) is 0.956. The summed E-state index contributed by atoms with van der Waals surface area (Å²) in [6.07, 6.45) is 1.44. The van der Waals surface area contributed by atoms with E-state index in [-0.39, 0.29) is 12.1 Å². The van der Waals surface area contributed by atoms with Gasteiger partial charge in [-0.15, -0.1) is 0 Å². The standard InChI is InChI=1S/C15H8Cl4N2O/c16-9-2-1-8(12(18)4-9)6-21-7-20-14-11(15(21)22)3-10(17)5-13(14)19/h1-5,7H,6H2. The highest BCUT2D eigenvalue weighted by atomic mass is 35.5. The molecule has 0 spiro atoms. The van der Waals surface area contributed by atoms with Gasteiger partial charge in [0.2, 0.25) is 0 Å². The molecule has 2 aromatic carbocycles. The molecule has 3 rings (SSSR count). The molecule has 0 aliphatic carbocycles. The molecule has 0 aliphatic rings. The number of hydrogen-bond acceptors (Lipinski definition) is 2. The summed E-state index contributed by atoms with van der Waals surface area (Å²) in [4.78, 5) is 16.8. The lowest BCUT2D eigenvalue weighted by atomic mass is 10.2. The summed E-state index contributed by atoms with van der Waals surface area (Å²) >= 11 is 24.0. The minimum Gasteiger partial charge on any atom is -0.294 e. The van der Waals surface area contributed by atoms with Crippen LogP contribution in [0.15, 0.2) is 41.5 Å². The maximum absolute atomic E-state index is 12.6. The van der Waals surface area contributed by atoms with Gasteiger partial charge < -0.3 is 0 Å². The lowest BCUT2D eigenvalue weighted by Gasteiger charge is -2.09. The van der Waals surface area contributed by atoms with Gasteiger partial charge in [-0.3, -0.25) is 9.36 Å². The minimum absolute atomic E-state index is 0.236. The molecule has 7 heteroatoms. The predicted octanol–water partition coefficient (Wildman–Crippen LogP) is 5.06. The van der Waals surface area contributed by atoms with E-state index in [0.29, 0.717) is 31.0 Å². The molecular formula is C15H8Cl4N2O. The number of hydrogen-bond donors (Lipinski definition) is 0. The molecule has 22 heavy (non-hydrogen) atoms. The number of nitrogens with zero attached hydrogens (tertiary/aromatic N) is 2. The summed E-state index contributed by atoms with van der Waals surface area (Å²) in [5.74, 6) is 0. The Kier molecular flexibility index (Phi) is 4.33. The van der Waals surface area contributed by atoms with E-state index in [1.54, 1.807) is 30.3 Å². The molecule has 0 bridgehead atoms. The zero-order valence-electron chi connectivity index (χ0n) is 11.0. The molecule has 112 valence electrons. The van der Waals surface area contributed by atoms with Crippen LogP contribution in [0.4, 0.5) is 0 Å². The zero-order valence-corrected chi connectivity index (χ0v) is 14.0. The van der Waals surface area contributed by atoms with Gasteiger partial charge in [0.25, 0.3) is 5.56 Å². The average molecular weight is 374 g/mol. The Hall–Kier alpha value is -1.26. The second-order valence-electron chi connectivity index (χ2n) is 4.70. The molecule has 3 nitrogen and oxygen atoms in total. The molecule has 0 N–H and O–H groups in total. The Bertz CT molecular complexity index is 937. The van der Waals surface area contributed by atoms with Crippen LogP contribution in [0.1, 0.15) is 5.56 Å². The topological polar surface area (TPSA) is 34.9 Å². The highest BCUT2D eigenvalue weighted by molar-refractivity contribution is 6.38. The summed E-state index contributed by atoms with van der Waals surface area (Å²) in [5, 5.41) is 2.12. The Morgan fingerprint density at radius 2 is 1.68 bits per heavy atom. The fourth-order valence-electron chi connectivity index (χ4n) is 2.14. The predicted molar refractivity (Wildman–Crippen MR) is 91.6 cm³/mol. The van der Waals surface area contributed by atoms with Crippen LogP contribution in [-0.2, 0) is 6.54 Å². The third-order valence-corrected chi connectivity index (χ3v) is 4.29. The number of benzene rings is 2. The van der Waals surface area contributed by atoms with Crippen molar-refractivity contribution in [1.82, 2.24) is 9.55 Å². The fourth-order valence-corrected chi connectivity index (χ4v) is 3.15. The van der Waals surface area contributed by atoms with Crippen LogP contribution in [-0.4, -0.2) is 9.55 Å². The van der Waals surface area contributed by atoms with Gasteiger partial charge in [0.1, 0.15) is 0 Å². The molecule has 0 aliphatic heterocycles. The Morgan fingerprint density at radius 1 is 0.955 bits per heavy atom. The Balaban J connectivity index is 2.12. The minimum atomic E-state index is -0.236. The molecule has 0 amide bonds. The first-order valence-electron chi connectivity index (χ1n) is 6.24. The Labute approximate surface area is 146 Å². The van der Waals surface area contributed by atoms with Gasteiger partial charge in [-0.2, -0.15) is 0 Å². The second kappa shape index (κ2) is 6.09. The first-order chi connectivity index (χ1) is 10.5. The fraction of sp³-hybridized carbons (Fsp3) is 0.0667. The quantitative estimate of drug-likeness (QED) is 0.629. The normalized spacial score (nSPS) is 11.1. The monoisotopic (exact) mass is 372 g/mol. The van der Waals surface area contributed by atoms with Crippen LogP contribution < -0.4 is 5.56 Å². The van der Waals surface area contributed by atoms with E-state index in [0.717, 1.165) is 5.56 Å². The molecular weight excluding hydrogens is 366 g/mol. The molecule has 1 heterocycles. The van der Waals surface area contributed by atoms with Crippen molar-refractivity contribution in [2.45, 2.75) is 6.54 Å². The van der Waals surface area contributed by atoms with Crippen molar-refractivity contribution >= 4 is 57.3 Å². The van der Waals surface area contributed by atoms with Gasteiger partial charge in [-0.1, -0.05) is 52.5 Å². The van der Waals surface area contributed by atoms with Crippen LogP contribution in [0.2, 0.25) is 20.1 Å². The van der Waals surface area contributed by atoms with E-state index in [1.165, 1.54) is 10.9 Å². The highest BCUT2D eigenvalue weighted by Crippen LogP contribution is 2.25. The van der Waals surface area contributed by atoms with E-state index in [1.807, 2.05) is 0 Å². The van der Waals surface area contributed by atoms with Crippen molar-refractivity contribution in [1.29, 1.82) is 0 Å². The molecule has 1 aromatic heterocycles. The second-order valence-corrected chi connectivity index (χ2v) is 6.38. The van der Waals surface area contributed by atoms with Crippen LogP contribution in [0.25, 0.3) is 10.9 Å². The highest BCUT2D eigenvalue weighted by Gasteiger charge is 2.10. The van der Waals surface area contributed by atoms with Crippen LogP contribution >= 0.6 is 46.4 Å². The van der Waals surface area contributed by atoms with E-state index < -0.39 is 0 Å². The van der Waals surface area contributed by atoms with Gasteiger partial charge in [0, 0.05) is 15.1 Å². The smallest absolute Gasteiger partial charge is 0.261 e. The first-order valence-corrected chi connectivity index (χ1v) is 7.75. The number of rotatable bonds is 2.